The zero-order chi connectivity index (χ0) is 22.4. The van der Waals surface area contributed by atoms with Gasteiger partial charge in [-0.2, -0.15) is 16.8 Å². The number of sulfone groups is 1. The quantitative estimate of drug-likeness (QED) is 0.468. The number of thiazole rings is 1. The van der Waals surface area contributed by atoms with Crippen molar-refractivity contribution in [2.75, 3.05) is 32.0 Å². The molecule has 1 amide bonds. The third kappa shape index (κ3) is 5.90. The summed E-state index contributed by atoms with van der Waals surface area (Å²) in [5, 5.41) is 0. The molecule has 3 rings (SSSR count). The predicted octanol–water partition coefficient (Wildman–Crippen LogP) is 3.13. The van der Waals surface area contributed by atoms with Crippen molar-refractivity contribution in [3.8, 4) is 11.5 Å². The van der Waals surface area contributed by atoms with E-state index in [1.54, 1.807) is 50.2 Å². The molecule has 0 bridgehead atoms. The number of aromatic nitrogens is 1. The van der Waals surface area contributed by atoms with Gasteiger partial charge in [-0.05, 0) is 11.8 Å². The largest absolute Gasteiger partial charge is 0.493 e. The Morgan fingerprint density at radius 3 is 2.45 bits per heavy atom. The van der Waals surface area contributed by atoms with Crippen molar-refractivity contribution in [1.29, 1.82) is 0 Å². The smallest absolute Gasteiger partial charge is 0.263 e. The van der Waals surface area contributed by atoms with Crippen LogP contribution in [0, 0.1) is 0 Å². The van der Waals surface area contributed by atoms with Gasteiger partial charge < -0.3 is 14.0 Å². The monoisotopic (exact) mass is 480 g/mol. The van der Waals surface area contributed by atoms with Crippen LogP contribution in [0.15, 0.2) is 47.5 Å². The highest BCUT2D eigenvalue weighted by atomic mass is 32.2. The molecule has 0 radical (unpaired) electrons. The third-order valence-corrected chi connectivity index (χ3v) is 7.59. The van der Waals surface area contributed by atoms with Gasteiger partial charge in [-0.3, -0.25) is 4.79 Å². The number of nitrogens with zero attached hydrogens (tertiary/aromatic N) is 2. The maximum absolute atomic E-state index is 12.6. The van der Waals surface area contributed by atoms with Crippen LogP contribution in [0.4, 0.5) is 0 Å². The Bertz CT molecular complexity index is 1230. The lowest BCUT2D eigenvalue weighted by molar-refractivity contribution is -0.115. The summed E-state index contributed by atoms with van der Waals surface area (Å²) in [6.45, 7) is 0.625. The van der Waals surface area contributed by atoms with E-state index >= 15 is 0 Å². The molecule has 0 aliphatic rings. The van der Waals surface area contributed by atoms with Crippen LogP contribution in [-0.2, 0) is 26.9 Å². The van der Waals surface area contributed by atoms with E-state index in [1.165, 1.54) is 11.3 Å². The van der Waals surface area contributed by atoms with Crippen LogP contribution >= 0.6 is 23.1 Å². The van der Waals surface area contributed by atoms with E-state index in [2.05, 4.69) is 4.99 Å². The number of carbonyl (C=O) groups is 1. The van der Waals surface area contributed by atoms with Gasteiger partial charge >= 0.3 is 0 Å². The summed E-state index contributed by atoms with van der Waals surface area (Å²) in [4.78, 5) is 17.2. The van der Waals surface area contributed by atoms with Gasteiger partial charge in [0.05, 0.1) is 30.2 Å². The number of benzene rings is 2. The molecule has 0 aliphatic heterocycles. The number of carbonyl (C=O) groups excluding carboxylic acids is 1. The number of fused-ring (bicyclic) bond motifs is 1. The molecule has 166 valence electrons. The number of hydrogen-bond acceptors (Lipinski definition) is 7. The van der Waals surface area contributed by atoms with E-state index in [1.807, 2.05) is 29.0 Å². The fourth-order valence-corrected chi connectivity index (χ4v) is 5.78. The van der Waals surface area contributed by atoms with Gasteiger partial charge in [0.15, 0.2) is 26.1 Å². The Kier molecular flexibility index (Phi) is 7.79. The number of methoxy groups -OCH3 is 2. The predicted molar refractivity (Wildman–Crippen MR) is 126 cm³/mol. The van der Waals surface area contributed by atoms with E-state index in [4.69, 9.17) is 9.47 Å². The second-order valence-electron chi connectivity index (χ2n) is 6.73. The van der Waals surface area contributed by atoms with E-state index in [-0.39, 0.29) is 5.75 Å². The Balaban J connectivity index is 1.96. The molecule has 10 heteroatoms. The van der Waals surface area contributed by atoms with Gasteiger partial charge in [0.2, 0.25) is 0 Å². The highest BCUT2D eigenvalue weighted by Gasteiger charge is 2.18. The molecule has 0 spiro atoms. The molecule has 0 fully saturated rings. The van der Waals surface area contributed by atoms with Gasteiger partial charge in [0.25, 0.3) is 5.91 Å². The number of thioether (sulfide) groups is 1. The summed E-state index contributed by atoms with van der Waals surface area (Å²) in [6.07, 6.45) is 2.00. The normalized spacial score (nSPS) is 12.3. The van der Waals surface area contributed by atoms with Crippen molar-refractivity contribution < 1.29 is 22.7 Å². The minimum atomic E-state index is -3.63. The van der Waals surface area contributed by atoms with Crippen LogP contribution < -0.4 is 14.3 Å². The molecule has 1 heterocycles. The number of hydrogen-bond donors (Lipinski definition) is 0. The number of rotatable bonds is 9. The van der Waals surface area contributed by atoms with Gasteiger partial charge in [-0.15, -0.1) is 0 Å². The lowest BCUT2D eigenvalue weighted by Gasteiger charge is -2.09. The molecule has 0 saturated heterocycles. The maximum Gasteiger partial charge on any atom is 0.263 e. The zero-order valence-electron chi connectivity index (χ0n) is 17.5. The Labute approximate surface area is 189 Å². The number of amides is 1. The number of aryl methyl sites for hydroxylation is 1. The van der Waals surface area contributed by atoms with Crippen molar-refractivity contribution in [2.24, 2.45) is 4.99 Å². The zero-order valence-corrected chi connectivity index (χ0v) is 20.0. The van der Waals surface area contributed by atoms with Crippen LogP contribution in [0.2, 0.25) is 0 Å². The highest BCUT2D eigenvalue weighted by Crippen LogP contribution is 2.33. The molecule has 1 aromatic heterocycles. The first-order valence-corrected chi connectivity index (χ1v) is 13.5. The van der Waals surface area contributed by atoms with Gasteiger partial charge in [0.1, 0.15) is 5.75 Å². The second kappa shape index (κ2) is 10.3. The molecule has 0 saturated carbocycles. The summed E-state index contributed by atoms with van der Waals surface area (Å²) in [6, 6.07) is 12.5. The summed E-state index contributed by atoms with van der Waals surface area (Å²) < 4.78 is 38.5. The van der Waals surface area contributed by atoms with E-state index in [0.29, 0.717) is 28.4 Å². The second-order valence-corrected chi connectivity index (χ2v) is 10.8. The fraction of sp³-hybridized carbons (Fsp3) is 0.333. The van der Waals surface area contributed by atoms with Gasteiger partial charge in [-0.25, -0.2) is 8.42 Å². The van der Waals surface area contributed by atoms with Crippen LogP contribution in [0.5, 0.6) is 11.5 Å². The molecule has 0 aliphatic carbocycles. The molecule has 3 aromatic rings. The van der Waals surface area contributed by atoms with Crippen molar-refractivity contribution in [3.05, 3.63) is 52.8 Å². The molecule has 0 unspecified atom stereocenters. The average molecular weight is 481 g/mol. The minimum Gasteiger partial charge on any atom is -0.493 e. The topological polar surface area (TPSA) is 87.0 Å². The summed E-state index contributed by atoms with van der Waals surface area (Å²) >= 11 is 2.99. The van der Waals surface area contributed by atoms with Crippen LogP contribution in [0.25, 0.3) is 10.2 Å². The standard InChI is InChI=1S/C21H24N2O5S3/c1-27-17-11-16-19(12-18(17)28-2)30-21(23(16)9-10-29-3)22-20(24)14-31(25,26)13-15-7-5-4-6-8-15/h4-8,11-12H,9-10,13-14H2,1-3H3. The first kappa shape index (κ1) is 23.4. The molecular formula is C21H24N2O5S3. The van der Waals surface area contributed by atoms with Crippen molar-refractivity contribution in [2.45, 2.75) is 12.3 Å². The fourth-order valence-electron chi connectivity index (χ4n) is 3.09. The Hall–Kier alpha value is -2.30. The highest BCUT2D eigenvalue weighted by molar-refractivity contribution is 7.98. The van der Waals surface area contributed by atoms with E-state index in [0.717, 1.165) is 16.0 Å². The van der Waals surface area contributed by atoms with Crippen molar-refractivity contribution in [1.82, 2.24) is 4.57 Å². The van der Waals surface area contributed by atoms with E-state index in [9.17, 15) is 13.2 Å². The molecule has 7 nitrogen and oxygen atoms in total. The lowest BCUT2D eigenvalue weighted by atomic mass is 10.2. The van der Waals surface area contributed by atoms with Crippen molar-refractivity contribution in [3.63, 3.8) is 0 Å². The lowest BCUT2D eigenvalue weighted by Crippen LogP contribution is -2.22. The number of ether oxygens (including phenoxy) is 2. The first-order valence-electron chi connectivity index (χ1n) is 9.43. The molecule has 2 aromatic carbocycles. The summed E-state index contributed by atoms with van der Waals surface area (Å²) in [5.41, 5.74) is 1.50. The van der Waals surface area contributed by atoms with Gasteiger partial charge in [0, 0.05) is 24.4 Å². The molecule has 0 N–H and O–H groups in total. The average Bonchev–Trinajstić information content (AvgIpc) is 3.06. The van der Waals surface area contributed by atoms with Crippen LogP contribution in [0.1, 0.15) is 5.56 Å². The Morgan fingerprint density at radius 2 is 1.81 bits per heavy atom. The first-order chi connectivity index (χ1) is 14.9. The molecular weight excluding hydrogens is 456 g/mol. The van der Waals surface area contributed by atoms with E-state index < -0.39 is 21.5 Å². The molecule has 0 atom stereocenters. The van der Waals surface area contributed by atoms with Gasteiger partial charge in [-0.1, -0.05) is 41.7 Å². The minimum absolute atomic E-state index is 0.192. The van der Waals surface area contributed by atoms with Crippen LogP contribution in [-0.4, -0.2) is 50.9 Å². The maximum atomic E-state index is 12.6. The molecule has 31 heavy (non-hydrogen) atoms. The Morgan fingerprint density at radius 1 is 1.13 bits per heavy atom. The SMILES string of the molecule is COc1cc2sc(=NC(=O)CS(=O)(=O)Cc3ccccc3)n(CCSC)c2cc1OC. The summed E-state index contributed by atoms with van der Waals surface area (Å²) in [7, 11) is -0.502. The third-order valence-electron chi connectivity index (χ3n) is 4.50. The van der Waals surface area contributed by atoms with Crippen molar-refractivity contribution >= 4 is 49.1 Å². The van der Waals surface area contributed by atoms with Crippen LogP contribution in [0.3, 0.4) is 0 Å². The summed E-state index contributed by atoms with van der Waals surface area (Å²) in [5.74, 6) is 0.464.